The quantitative estimate of drug-likeness (QED) is 0.702. The van der Waals surface area contributed by atoms with Gasteiger partial charge in [-0.05, 0) is 11.6 Å². The summed E-state index contributed by atoms with van der Waals surface area (Å²) < 4.78 is 7.73. The van der Waals surface area contributed by atoms with Crippen LogP contribution in [-0.2, 0) is 11.2 Å². The van der Waals surface area contributed by atoms with Crippen molar-refractivity contribution in [2.24, 2.45) is 5.73 Å². The Bertz CT molecular complexity index is 536. The van der Waals surface area contributed by atoms with Crippen molar-refractivity contribution in [2.45, 2.75) is 12.5 Å². The lowest BCUT2D eigenvalue weighted by Gasteiger charge is -2.04. The van der Waals surface area contributed by atoms with E-state index in [-0.39, 0.29) is 12.6 Å². The minimum Gasteiger partial charge on any atom is -0.480 e. The van der Waals surface area contributed by atoms with Crippen LogP contribution in [0.3, 0.4) is 0 Å². The number of para-hydroxylation sites is 1. The molecule has 0 aliphatic heterocycles. The van der Waals surface area contributed by atoms with Crippen molar-refractivity contribution in [3.8, 4) is 0 Å². The number of carbonyl (C=O) groups is 1. The molecule has 0 spiro atoms. The minimum atomic E-state index is -1.05. The molecule has 0 aliphatic carbocycles. The van der Waals surface area contributed by atoms with Crippen molar-refractivity contribution in [1.29, 1.82) is 0 Å². The number of H-pyrrole nitrogens is 1. The highest BCUT2D eigenvalue weighted by molar-refractivity contribution is 5.84. The zero-order chi connectivity index (χ0) is 11.7. The van der Waals surface area contributed by atoms with Crippen LogP contribution < -0.4 is 5.73 Å². The number of aliphatic carboxylic acids is 1. The van der Waals surface area contributed by atoms with Crippen molar-refractivity contribution in [3.05, 3.63) is 36.0 Å². The van der Waals surface area contributed by atoms with Gasteiger partial charge in [-0.3, -0.25) is 4.79 Å². The van der Waals surface area contributed by atoms with Gasteiger partial charge in [0.25, 0.3) is 0 Å². The van der Waals surface area contributed by atoms with Crippen LogP contribution in [0.5, 0.6) is 0 Å². The summed E-state index contributed by atoms with van der Waals surface area (Å²) in [6.07, 6.45) is 0.399. The molecule has 4 N–H and O–H groups in total. The molecule has 2 aromatic rings. The van der Waals surface area contributed by atoms with E-state index in [0.717, 1.165) is 10.9 Å². The van der Waals surface area contributed by atoms with Crippen molar-refractivity contribution in [1.82, 2.24) is 4.98 Å². The van der Waals surface area contributed by atoms with Crippen LogP contribution in [0.25, 0.3) is 10.9 Å². The van der Waals surface area contributed by atoms with Crippen molar-refractivity contribution in [3.63, 3.8) is 0 Å². The molecule has 0 fully saturated rings. The molecular formula is C11H12N2O2. The van der Waals surface area contributed by atoms with E-state index in [4.69, 9.17) is 12.2 Å². The first kappa shape index (κ1) is 8.49. The molecule has 0 saturated carbocycles. The van der Waals surface area contributed by atoms with Gasteiger partial charge < -0.3 is 15.8 Å². The van der Waals surface area contributed by atoms with Gasteiger partial charge >= 0.3 is 5.97 Å². The third kappa shape index (κ3) is 1.85. The van der Waals surface area contributed by atoms with Crippen LogP contribution in [0.4, 0.5) is 0 Å². The average molecular weight is 205 g/mol. The maximum absolute atomic E-state index is 10.7. The third-order valence-electron chi connectivity index (χ3n) is 2.34. The van der Waals surface area contributed by atoms with Crippen LogP contribution in [0.1, 0.15) is 6.93 Å². The molecular weight excluding hydrogens is 192 g/mol. The standard InChI is InChI=1S/C11H12N2O2/c12-9(11(14)15)5-7-6-13-10-4-2-1-3-8(7)10/h1-4,6,9,13H,5,12H2,(H,14,15)/i6D. The van der Waals surface area contributed by atoms with E-state index >= 15 is 0 Å². The lowest BCUT2D eigenvalue weighted by Crippen LogP contribution is -2.32. The summed E-state index contributed by atoms with van der Waals surface area (Å²) in [7, 11) is 0. The molecule has 15 heavy (non-hydrogen) atoms. The van der Waals surface area contributed by atoms with E-state index in [1.807, 2.05) is 24.3 Å². The summed E-state index contributed by atoms with van der Waals surface area (Å²) in [6, 6.07) is 6.45. The fourth-order valence-electron chi connectivity index (χ4n) is 1.53. The Morgan fingerprint density at radius 1 is 1.60 bits per heavy atom. The van der Waals surface area contributed by atoms with Crippen molar-refractivity contribution in [2.75, 3.05) is 0 Å². The number of aromatic nitrogens is 1. The highest BCUT2D eigenvalue weighted by Gasteiger charge is 2.14. The van der Waals surface area contributed by atoms with E-state index in [1.54, 1.807) is 0 Å². The van der Waals surface area contributed by atoms with Gasteiger partial charge in [0.1, 0.15) is 6.04 Å². The number of rotatable bonds is 3. The zero-order valence-electron chi connectivity index (χ0n) is 9.03. The number of nitrogens with one attached hydrogen (secondary N) is 1. The third-order valence-corrected chi connectivity index (χ3v) is 2.34. The van der Waals surface area contributed by atoms with E-state index in [1.165, 1.54) is 0 Å². The maximum Gasteiger partial charge on any atom is 0.320 e. The monoisotopic (exact) mass is 205 g/mol. The Balaban J connectivity index is 2.43. The lowest BCUT2D eigenvalue weighted by atomic mass is 10.1. The Labute approximate surface area is 88.1 Å². The lowest BCUT2D eigenvalue weighted by molar-refractivity contribution is -0.138. The molecule has 1 atom stereocenters. The predicted octanol–water partition coefficient (Wildman–Crippen LogP) is 1.12. The minimum absolute atomic E-state index is 0.165. The van der Waals surface area contributed by atoms with Crippen LogP contribution in [0.15, 0.2) is 30.4 Å². The summed E-state index contributed by atoms with van der Waals surface area (Å²) in [6.45, 7) is 0. The largest absolute Gasteiger partial charge is 0.480 e. The molecule has 0 amide bonds. The van der Waals surface area contributed by atoms with Gasteiger partial charge in [-0.2, -0.15) is 0 Å². The van der Waals surface area contributed by atoms with Gasteiger partial charge in [0.05, 0.1) is 1.37 Å². The maximum atomic E-state index is 10.7. The zero-order valence-corrected chi connectivity index (χ0v) is 8.03. The van der Waals surface area contributed by atoms with Gasteiger partial charge in [0, 0.05) is 23.5 Å². The molecule has 0 aliphatic rings. The fourth-order valence-corrected chi connectivity index (χ4v) is 1.53. The van der Waals surface area contributed by atoms with Crippen LogP contribution in [0, 0.1) is 0 Å². The Morgan fingerprint density at radius 3 is 3.07 bits per heavy atom. The van der Waals surface area contributed by atoms with Gasteiger partial charge in [-0.1, -0.05) is 18.2 Å². The van der Waals surface area contributed by atoms with Gasteiger partial charge in [0.2, 0.25) is 0 Å². The Kier molecular flexibility index (Phi) is 2.12. The summed E-state index contributed by atoms with van der Waals surface area (Å²) in [5.41, 5.74) is 6.96. The molecule has 4 nitrogen and oxygen atoms in total. The topological polar surface area (TPSA) is 79.1 Å². The average Bonchev–Trinajstić information content (AvgIpc) is 2.55. The highest BCUT2D eigenvalue weighted by Crippen LogP contribution is 2.18. The molecule has 0 radical (unpaired) electrons. The van der Waals surface area contributed by atoms with E-state index < -0.39 is 12.0 Å². The molecule has 4 heteroatoms. The molecule has 1 unspecified atom stereocenters. The second-order valence-corrected chi connectivity index (χ2v) is 3.42. The molecule has 78 valence electrons. The highest BCUT2D eigenvalue weighted by atomic mass is 16.4. The van der Waals surface area contributed by atoms with Crippen molar-refractivity contribution < 1.29 is 11.3 Å². The number of hydrogen-bond donors (Lipinski definition) is 3. The second-order valence-electron chi connectivity index (χ2n) is 3.42. The normalized spacial score (nSPS) is 13.8. The first-order valence-electron chi connectivity index (χ1n) is 5.14. The molecule has 1 heterocycles. The Morgan fingerprint density at radius 2 is 2.33 bits per heavy atom. The van der Waals surface area contributed by atoms with Gasteiger partial charge in [-0.25, -0.2) is 0 Å². The second kappa shape index (κ2) is 3.74. The van der Waals surface area contributed by atoms with E-state index in [9.17, 15) is 4.79 Å². The summed E-state index contributed by atoms with van der Waals surface area (Å²) in [4.78, 5) is 13.6. The smallest absolute Gasteiger partial charge is 0.320 e. The summed E-state index contributed by atoms with van der Waals surface area (Å²) >= 11 is 0. The SMILES string of the molecule is [2H]c1[nH]c2ccccc2c1CC(N)C(=O)O. The summed E-state index contributed by atoms with van der Waals surface area (Å²) in [5, 5.41) is 9.61. The first-order valence-corrected chi connectivity index (χ1v) is 4.64. The molecule has 2 rings (SSSR count). The number of nitrogens with two attached hydrogens (primary N) is 1. The molecule has 0 saturated heterocycles. The number of benzene rings is 1. The number of fused-ring (bicyclic) bond motifs is 1. The van der Waals surface area contributed by atoms with E-state index in [0.29, 0.717) is 5.56 Å². The number of hydrogen-bond acceptors (Lipinski definition) is 2. The van der Waals surface area contributed by atoms with Crippen LogP contribution in [-0.4, -0.2) is 22.1 Å². The van der Waals surface area contributed by atoms with Gasteiger partial charge in [-0.15, -0.1) is 0 Å². The molecule has 1 aromatic heterocycles. The Hall–Kier alpha value is -1.81. The number of carboxylic acids is 1. The number of carboxylic acid groups (broad SMARTS) is 1. The first-order chi connectivity index (χ1) is 7.59. The van der Waals surface area contributed by atoms with Crippen LogP contribution >= 0.6 is 0 Å². The van der Waals surface area contributed by atoms with Gasteiger partial charge in [0.15, 0.2) is 0 Å². The fraction of sp³-hybridized carbons (Fsp3) is 0.182. The molecule has 0 bridgehead atoms. The van der Waals surface area contributed by atoms with E-state index in [2.05, 4.69) is 4.98 Å². The summed E-state index contributed by atoms with van der Waals surface area (Å²) in [5.74, 6) is -1.05. The predicted molar refractivity (Wildman–Crippen MR) is 57.6 cm³/mol. The molecule has 1 aromatic carbocycles. The van der Waals surface area contributed by atoms with Crippen LogP contribution in [0.2, 0.25) is 0 Å². The number of aromatic amines is 1. The van der Waals surface area contributed by atoms with Crippen molar-refractivity contribution >= 4 is 16.9 Å².